The fourth-order valence-corrected chi connectivity index (χ4v) is 2.75. The van der Waals surface area contributed by atoms with E-state index in [1.165, 1.54) is 10.9 Å². The lowest BCUT2D eigenvalue weighted by atomic mass is 10.1. The van der Waals surface area contributed by atoms with Crippen LogP contribution in [0.15, 0.2) is 48.7 Å². The van der Waals surface area contributed by atoms with Gasteiger partial charge in [-0.2, -0.15) is 0 Å². The molecule has 0 bridgehead atoms. The van der Waals surface area contributed by atoms with Gasteiger partial charge in [-0.3, -0.25) is 4.79 Å². The lowest BCUT2D eigenvalue weighted by Gasteiger charge is -2.11. The zero-order valence-electron chi connectivity index (χ0n) is 14.0. The molecule has 0 aliphatic carbocycles. The predicted octanol–water partition coefficient (Wildman–Crippen LogP) is 2.65. The summed E-state index contributed by atoms with van der Waals surface area (Å²) in [6.07, 6.45) is 0.634. The molecule has 0 spiro atoms. The third-order valence-corrected chi connectivity index (χ3v) is 4.27. The predicted molar refractivity (Wildman–Crippen MR) is 97.0 cm³/mol. The van der Waals surface area contributed by atoms with E-state index in [1.54, 1.807) is 42.5 Å². The van der Waals surface area contributed by atoms with Crippen LogP contribution in [0.3, 0.4) is 0 Å². The van der Waals surface area contributed by atoms with Gasteiger partial charge in [0.1, 0.15) is 0 Å². The SMILES string of the molecule is O=C(Nc1ccc(Cl)cc1)c1cn(C[C@H](O)c2ccc3c(c2)OCO3)nn1. The number of aliphatic hydroxyl groups excluding tert-OH is 1. The third-order valence-electron chi connectivity index (χ3n) is 4.01. The Labute approximate surface area is 159 Å². The maximum Gasteiger partial charge on any atom is 0.277 e. The topological polar surface area (TPSA) is 98.5 Å². The third kappa shape index (κ3) is 3.86. The van der Waals surface area contributed by atoms with Crippen LogP contribution in [0.2, 0.25) is 5.02 Å². The van der Waals surface area contributed by atoms with E-state index >= 15 is 0 Å². The molecule has 1 aliphatic heterocycles. The largest absolute Gasteiger partial charge is 0.454 e. The van der Waals surface area contributed by atoms with Crippen molar-refractivity contribution in [2.45, 2.75) is 12.6 Å². The molecule has 1 aliphatic rings. The van der Waals surface area contributed by atoms with Crippen LogP contribution >= 0.6 is 11.6 Å². The van der Waals surface area contributed by atoms with Crippen LogP contribution in [-0.2, 0) is 6.54 Å². The van der Waals surface area contributed by atoms with Crippen LogP contribution in [0, 0.1) is 0 Å². The lowest BCUT2D eigenvalue weighted by molar-refractivity contribution is 0.102. The fourth-order valence-electron chi connectivity index (χ4n) is 2.62. The van der Waals surface area contributed by atoms with E-state index in [0.29, 0.717) is 27.8 Å². The van der Waals surface area contributed by atoms with Gasteiger partial charge in [0.2, 0.25) is 6.79 Å². The molecule has 0 unspecified atom stereocenters. The number of benzene rings is 2. The quantitative estimate of drug-likeness (QED) is 0.699. The van der Waals surface area contributed by atoms with E-state index in [2.05, 4.69) is 15.6 Å². The normalized spacial score (nSPS) is 13.4. The molecule has 2 aromatic carbocycles. The molecular weight excluding hydrogens is 372 g/mol. The van der Waals surface area contributed by atoms with E-state index < -0.39 is 12.0 Å². The van der Waals surface area contributed by atoms with Gasteiger partial charge in [-0.15, -0.1) is 5.10 Å². The van der Waals surface area contributed by atoms with Gasteiger partial charge in [0.05, 0.1) is 18.8 Å². The van der Waals surface area contributed by atoms with Gasteiger partial charge in [-0.1, -0.05) is 22.9 Å². The second kappa shape index (κ2) is 7.26. The summed E-state index contributed by atoms with van der Waals surface area (Å²) in [5.74, 6) is 0.835. The number of amides is 1. The van der Waals surface area contributed by atoms with E-state index in [9.17, 15) is 9.90 Å². The van der Waals surface area contributed by atoms with E-state index in [0.717, 1.165) is 0 Å². The van der Waals surface area contributed by atoms with Crippen LogP contribution < -0.4 is 14.8 Å². The number of anilines is 1. The Hall–Kier alpha value is -3.10. The van der Waals surface area contributed by atoms with Gasteiger partial charge in [-0.05, 0) is 42.0 Å². The number of rotatable bonds is 5. The van der Waals surface area contributed by atoms with Gasteiger partial charge >= 0.3 is 0 Å². The number of aromatic nitrogens is 3. The molecule has 4 rings (SSSR count). The van der Waals surface area contributed by atoms with E-state index in [1.807, 2.05) is 0 Å². The monoisotopic (exact) mass is 386 g/mol. The van der Waals surface area contributed by atoms with Gasteiger partial charge in [-0.25, -0.2) is 4.68 Å². The highest BCUT2D eigenvalue weighted by atomic mass is 35.5. The van der Waals surface area contributed by atoms with Crippen LogP contribution in [0.25, 0.3) is 0 Å². The number of ether oxygens (including phenoxy) is 2. The van der Waals surface area contributed by atoms with Gasteiger partial charge in [0, 0.05) is 10.7 Å². The highest BCUT2D eigenvalue weighted by molar-refractivity contribution is 6.30. The Bertz CT molecular complexity index is 974. The molecule has 0 saturated heterocycles. The first-order valence-electron chi connectivity index (χ1n) is 8.13. The number of carbonyl (C=O) groups excluding carboxylic acids is 1. The Kier molecular flexibility index (Phi) is 4.66. The highest BCUT2D eigenvalue weighted by Gasteiger charge is 2.18. The second-order valence-electron chi connectivity index (χ2n) is 5.92. The first-order valence-corrected chi connectivity index (χ1v) is 8.51. The number of hydrogen-bond acceptors (Lipinski definition) is 6. The Morgan fingerprint density at radius 2 is 2.00 bits per heavy atom. The van der Waals surface area contributed by atoms with Crippen molar-refractivity contribution < 1.29 is 19.4 Å². The molecule has 1 amide bonds. The van der Waals surface area contributed by atoms with Crippen molar-refractivity contribution in [1.82, 2.24) is 15.0 Å². The number of nitrogens with one attached hydrogen (secondary N) is 1. The van der Waals surface area contributed by atoms with Crippen molar-refractivity contribution in [3.8, 4) is 11.5 Å². The molecule has 1 aromatic heterocycles. The molecule has 0 radical (unpaired) electrons. The summed E-state index contributed by atoms with van der Waals surface area (Å²) in [6.45, 7) is 0.310. The molecule has 2 heterocycles. The van der Waals surface area contributed by atoms with Crippen molar-refractivity contribution in [1.29, 1.82) is 0 Å². The molecule has 8 nitrogen and oxygen atoms in total. The average Bonchev–Trinajstić information content (AvgIpc) is 3.32. The maximum absolute atomic E-state index is 12.2. The van der Waals surface area contributed by atoms with Crippen molar-refractivity contribution >= 4 is 23.2 Å². The molecule has 1 atom stereocenters. The van der Waals surface area contributed by atoms with Gasteiger partial charge < -0.3 is 19.9 Å². The molecular formula is C18H15ClN4O4. The Morgan fingerprint density at radius 1 is 1.22 bits per heavy atom. The Balaban J connectivity index is 1.41. The van der Waals surface area contributed by atoms with Crippen molar-refractivity contribution in [3.05, 3.63) is 64.9 Å². The summed E-state index contributed by atoms with van der Waals surface area (Å²) in [5.41, 5.74) is 1.39. The fraction of sp³-hybridized carbons (Fsp3) is 0.167. The number of carbonyl (C=O) groups is 1. The van der Waals surface area contributed by atoms with Gasteiger partial charge in [0.25, 0.3) is 5.91 Å². The summed E-state index contributed by atoms with van der Waals surface area (Å²) < 4.78 is 12.0. The highest BCUT2D eigenvalue weighted by Crippen LogP contribution is 2.34. The second-order valence-corrected chi connectivity index (χ2v) is 6.35. The molecule has 9 heteroatoms. The minimum atomic E-state index is -0.839. The molecule has 2 N–H and O–H groups in total. The number of aliphatic hydroxyl groups is 1. The zero-order chi connectivity index (χ0) is 18.8. The lowest BCUT2D eigenvalue weighted by Crippen LogP contribution is -2.12. The summed E-state index contributed by atoms with van der Waals surface area (Å²) in [4.78, 5) is 12.2. The van der Waals surface area contributed by atoms with Crippen molar-refractivity contribution in [2.75, 3.05) is 12.1 Å². The summed E-state index contributed by atoms with van der Waals surface area (Å²) in [7, 11) is 0. The minimum Gasteiger partial charge on any atom is -0.454 e. The number of fused-ring (bicyclic) bond motifs is 1. The maximum atomic E-state index is 12.2. The molecule has 3 aromatic rings. The smallest absolute Gasteiger partial charge is 0.277 e. The molecule has 0 saturated carbocycles. The zero-order valence-corrected chi connectivity index (χ0v) is 14.8. The summed E-state index contributed by atoms with van der Waals surface area (Å²) >= 11 is 5.82. The average molecular weight is 387 g/mol. The first kappa shape index (κ1) is 17.3. The molecule has 0 fully saturated rings. The summed E-state index contributed by atoms with van der Waals surface area (Å²) in [5, 5.41) is 21.5. The van der Waals surface area contributed by atoms with Crippen LogP contribution in [-0.4, -0.2) is 32.8 Å². The molecule has 27 heavy (non-hydrogen) atoms. The van der Waals surface area contributed by atoms with Crippen molar-refractivity contribution in [3.63, 3.8) is 0 Å². The van der Waals surface area contributed by atoms with Crippen LogP contribution in [0.1, 0.15) is 22.2 Å². The van der Waals surface area contributed by atoms with E-state index in [4.69, 9.17) is 21.1 Å². The van der Waals surface area contributed by atoms with E-state index in [-0.39, 0.29) is 19.0 Å². The number of halogens is 1. The van der Waals surface area contributed by atoms with Gasteiger partial charge in [0.15, 0.2) is 17.2 Å². The minimum absolute atomic E-state index is 0.140. The van der Waals surface area contributed by atoms with Crippen molar-refractivity contribution in [2.24, 2.45) is 0 Å². The summed E-state index contributed by atoms with van der Waals surface area (Å²) in [6, 6.07) is 11.9. The molecule has 138 valence electrons. The van der Waals surface area contributed by atoms with Crippen LogP contribution in [0.5, 0.6) is 11.5 Å². The van der Waals surface area contributed by atoms with Crippen LogP contribution in [0.4, 0.5) is 5.69 Å². The Morgan fingerprint density at radius 3 is 2.81 bits per heavy atom. The number of nitrogens with zero attached hydrogens (tertiary/aromatic N) is 3. The first-order chi connectivity index (χ1) is 13.1. The number of hydrogen-bond donors (Lipinski definition) is 2. The standard InChI is InChI=1S/C18H15ClN4O4/c19-12-2-4-13(5-3-12)20-18(25)14-8-23(22-21-14)9-15(24)11-1-6-16-17(7-11)27-10-26-16/h1-8,15,24H,9-10H2,(H,20,25)/t15-/m0/s1.